The highest BCUT2D eigenvalue weighted by atomic mass is 16.5. The van der Waals surface area contributed by atoms with Gasteiger partial charge in [-0.05, 0) is 39.4 Å². The van der Waals surface area contributed by atoms with Gasteiger partial charge in [-0.1, -0.05) is 26.2 Å². The molecule has 5 heteroatoms. The van der Waals surface area contributed by atoms with E-state index in [4.69, 9.17) is 4.74 Å². The standard InChI is InChI=1S/C19H37N3O2/c1-3-4-5-6-17-24-19(23)9-12-21-10-7-18(8-11-21)22-15-13-20(2)14-16-22/h18H,3-17H2,1-2H3. The average molecular weight is 340 g/mol. The van der Waals surface area contributed by atoms with Crippen molar-refractivity contribution in [2.45, 2.75) is 57.9 Å². The van der Waals surface area contributed by atoms with Gasteiger partial charge in [-0.25, -0.2) is 0 Å². The molecule has 0 aromatic heterocycles. The number of carbonyl (C=O) groups is 1. The first-order chi connectivity index (χ1) is 11.7. The van der Waals surface area contributed by atoms with Gasteiger partial charge >= 0.3 is 5.97 Å². The third-order valence-electron chi connectivity index (χ3n) is 5.50. The zero-order valence-corrected chi connectivity index (χ0v) is 15.8. The van der Waals surface area contributed by atoms with Crippen LogP contribution in [0.3, 0.4) is 0 Å². The molecule has 2 aliphatic rings. The second-order valence-electron chi connectivity index (χ2n) is 7.44. The molecule has 0 N–H and O–H groups in total. The number of ether oxygens (including phenoxy) is 1. The van der Waals surface area contributed by atoms with E-state index in [1.807, 2.05) is 0 Å². The summed E-state index contributed by atoms with van der Waals surface area (Å²) in [5.41, 5.74) is 0. The summed E-state index contributed by atoms with van der Waals surface area (Å²) in [6.07, 6.45) is 7.68. The number of unbranched alkanes of at least 4 members (excludes halogenated alkanes) is 3. The van der Waals surface area contributed by atoms with Crippen molar-refractivity contribution in [2.24, 2.45) is 0 Å². The number of hydrogen-bond donors (Lipinski definition) is 0. The number of piperidine rings is 1. The molecule has 0 aliphatic carbocycles. The second-order valence-corrected chi connectivity index (χ2v) is 7.44. The molecule has 0 amide bonds. The summed E-state index contributed by atoms with van der Waals surface area (Å²) in [6, 6.07) is 0.750. The molecule has 0 aromatic rings. The van der Waals surface area contributed by atoms with Crippen molar-refractivity contribution in [1.29, 1.82) is 0 Å². The maximum Gasteiger partial charge on any atom is 0.307 e. The molecule has 0 bridgehead atoms. The van der Waals surface area contributed by atoms with E-state index >= 15 is 0 Å². The van der Waals surface area contributed by atoms with Crippen LogP contribution in [0.5, 0.6) is 0 Å². The topological polar surface area (TPSA) is 36.0 Å². The summed E-state index contributed by atoms with van der Waals surface area (Å²) in [5, 5.41) is 0. The zero-order valence-electron chi connectivity index (χ0n) is 15.8. The fourth-order valence-electron chi connectivity index (χ4n) is 3.73. The quantitative estimate of drug-likeness (QED) is 0.475. The number of carbonyl (C=O) groups excluding carboxylic acids is 1. The van der Waals surface area contributed by atoms with E-state index in [9.17, 15) is 4.79 Å². The van der Waals surface area contributed by atoms with Gasteiger partial charge in [-0.3, -0.25) is 9.69 Å². The number of piperazine rings is 1. The Morgan fingerprint density at radius 3 is 2.38 bits per heavy atom. The summed E-state index contributed by atoms with van der Waals surface area (Å²) >= 11 is 0. The molecule has 0 saturated carbocycles. The minimum Gasteiger partial charge on any atom is -0.466 e. The van der Waals surface area contributed by atoms with Crippen LogP contribution < -0.4 is 0 Å². The van der Waals surface area contributed by atoms with E-state index < -0.39 is 0 Å². The van der Waals surface area contributed by atoms with E-state index in [0.29, 0.717) is 13.0 Å². The minimum atomic E-state index is -0.0207. The lowest BCUT2D eigenvalue weighted by Crippen LogP contribution is -2.52. The third kappa shape index (κ3) is 7.08. The van der Waals surface area contributed by atoms with Crippen molar-refractivity contribution in [3.8, 4) is 0 Å². The molecule has 2 rings (SSSR count). The van der Waals surface area contributed by atoms with Crippen molar-refractivity contribution in [1.82, 2.24) is 14.7 Å². The molecule has 2 fully saturated rings. The molecule has 2 aliphatic heterocycles. The van der Waals surface area contributed by atoms with Crippen LogP contribution in [0.25, 0.3) is 0 Å². The first-order valence-corrected chi connectivity index (χ1v) is 9.99. The van der Waals surface area contributed by atoms with Gasteiger partial charge in [-0.15, -0.1) is 0 Å². The van der Waals surface area contributed by atoms with Gasteiger partial charge in [0, 0.05) is 38.8 Å². The Bertz CT molecular complexity index is 349. The molecule has 2 heterocycles. The Morgan fingerprint density at radius 1 is 1.00 bits per heavy atom. The smallest absolute Gasteiger partial charge is 0.307 e. The Kier molecular flexibility index (Phi) is 9.07. The number of hydrogen-bond acceptors (Lipinski definition) is 5. The van der Waals surface area contributed by atoms with Crippen molar-refractivity contribution < 1.29 is 9.53 Å². The number of likely N-dealkylation sites (tertiary alicyclic amines) is 1. The predicted molar refractivity (Wildman–Crippen MR) is 98.3 cm³/mol. The third-order valence-corrected chi connectivity index (χ3v) is 5.50. The van der Waals surface area contributed by atoms with Crippen molar-refractivity contribution in [2.75, 3.05) is 59.5 Å². The van der Waals surface area contributed by atoms with E-state index in [0.717, 1.165) is 32.1 Å². The van der Waals surface area contributed by atoms with Gasteiger partial charge in [0.1, 0.15) is 0 Å². The highest BCUT2D eigenvalue weighted by Gasteiger charge is 2.26. The zero-order chi connectivity index (χ0) is 17.2. The van der Waals surface area contributed by atoms with Crippen LogP contribution in [-0.2, 0) is 9.53 Å². The SMILES string of the molecule is CCCCCCOC(=O)CCN1CCC(N2CCN(C)CC2)CC1. The van der Waals surface area contributed by atoms with Crippen LogP contribution in [0.15, 0.2) is 0 Å². The van der Waals surface area contributed by atoms with Crippen molar-refractivity contribution in [3.05, 3.63) is 0 Å². The van der Waals surface area contributed by atoms with E-state index in [-0.39, 0.29) is 5.97 Å². The van der Waals surface area contributed by atoms with Crippen LogP contribution in [0, 0.1) is 0 Å². The summed E-state index contributed by atoms with van der Waals surface area (Å²) in [5.74, 6) is -0.0207. The largest absolute Gasteiger partial charge is 0.466 e. The first-order valence-electron chi connectivity index (χ1n) is 9.99. The number of esters is 1. The highest BCUT2D eigenvalue weighted by Crippen LogP contribution is 2.18. The molecule has 5 nitrogen and oxygen atoms in total. The van der Waals surface area contributed by atoms with Crippen LogP contribution in [-0.4, -0.2) is 86.2 Å². The number of nitrogens with zero attached hydrogens (tertiary/aromatic N) is 3. The fraction of sp³-hybridized carbons (Fsp3) is 0.947. The summed E-state index contributed by atoms with van der Waals surface area (Å²) in [6.45, 7) is 10.7. The summed E-state index contributed by atoms with van der Waals surface area (Å²) in [7, 11) is 2.21. The average Bonchev–Trinajstić information content (AvgIpc) is 2.61. The lowest BCUT2D eigenvalue weighted by atomic mass is 10.0. The molecule has 140 valence electrons. The van der Waals surface area contributed by atoms with Gasteiger partial charge in [0.25, 0.3) is 0 Å². The molecule has 24 heavy (non-hydrogen) atoms. The molecule has 0 radical (unpaired) electrons. The predicted octanol–water partition coefficient (Wildman–Crippen LogP) is 2.21. The summed E-state index contributed by atoms with van der Waals surface area (Å²) in [4.78, 5) is 19.3. The normalized spacial score (nSPS) is 21.9. The van der Waals surface area contributed by atoms with Gasteiger partial charge in [0.05, 0.1) is 13.0 Å². The summed E-state index contributed by atoms with van der Waals surface area (Å²) < 4.78 is 5.33. The van der Waals surface area contributed by atoms with E-state index in [2.05, 4.69) is 28.7 Å². The maximum atomic E-state index is 11.8. The molecule has 0 aromatic carbocycles. The molecule has 0 unspecified atom stereocenters. The van der Waals surface area contributed by atoms with Gasteiger partial charge in [0.15, 0.2) is 0 Å². The van der Waals surface area contributed by atoms with Crippen LogP contribution in [0.1, 0.15) is 51.9 Å². The van der Waals surface area contributed by atoms with Crippen LogP contribution in [0.4, 0.5) is 0 Å². The monoisotopic (exact) mass is 339 g/mol. The van der Waals surface area contributed by atoms with E-state index in [1.165, 1.54) is 58.3 Å². The lowest BCUT2D eigenvalue weighted by molar-refractivity contribution is -0.144. The number of likely N-dealkylation sites (N-methyl/N-ethyl adjacent to an activating group) is 1. The minimum absolute atomic E-state index is 0.0207. The molecule has 0 atom stereocenters. The fourth-order valence-corrected chi connectivity index (χ4v) is 3.73. The second kappa shape index (κ2) is 11.1. The molecule has 2 saturated heterocycles. The van der Waals surface area contributed by atoms with Gasteiger partial charge < -0.3 is 14.5 Å². The van der Waals surface area contributed by atoms with E-state index in [1.54, 1.807) is 0 Å². The Balaban J connectivity index is 1.52. The Hall–Kier alpha value is -0.650. The lowest BCUT2D eigenvalue weighted by Gasteiger charge is -2.42. The number of rotatable bonds is 9. The van der Waals surface area contributed by atoms with Crippen LogP contribution >= 0.6 is 0 Å². The van der Waals surface area contributed by atoms with Crippen molar-refractivity contribution >= 4 is 5.97 Å². The van der Waals surface area contributed by atoms with Gasteiger partial charge in [-0.2, -0.15) is 0 Å². The molecular formula is C19H37N3O2. The Labute approximate surface area is 148 Å². The molecule has 0 spiro atoms. The van der Waals surface area contributed by atoms with Crippen molar-refractivity contribution in [3.63, 3.8) is 0 Å². The maximum absolute atomic E-state index is 11.8. The van der Waals surface area contributed by atoms with Gasteiger partial charge in [0.2, 0.25) is 0 Å². The Morgan fingerprint density at radius 2 is 1.71 bits per heavy atom. The van der Waals surface area contributed by atoms with Crippen LogP contribution in [0.2, 0.25) is 0 Å². The highest BCUT2D eigenvalue weighted by molar-refractivity contribution is 5.69. The first kappa shape index (κ1) is 19.7. The molecular weight excluding hydrogens is 302 g/mol.